The van der Waals surface area contributed by atoms with Gasteiger partial charge in [0.2, 0.25) is 0 Å². The maximum Gasteiger partial charge on any atom is 0.303 e. The van der Waals surface area contributed by atoms with Gasteiger partial charge in [-0.05, 0) is 68.1 Å². The molecule has 1 N–H and O–H groups in total. The molecule has 2 saturated carbocycles. The van der Waals surface area contributed by atoms with Crippen molar-refractivity contribution in [3.8, 4) is 0 Å². The molecule has 4 heteroatoms. The highest BCUT2D eigenvalue weighted by Crippen LogP contribution is 2.60. The highest BCUT2D eigenvalue weighted by Gasteiger charge is 2.54. The van der Waals surface area contributed by atoms with Gasteiger partial charge in [0.05, 0.1) is 12.2 Å². The summed E-state index contributed by atoms with van der Waals surface area (Å²) < 4.78 is 6.30. The molecule has 3 nitrogen and oxygen atoms in total. The number of carboxylic acid groups (broad SMARTS) is 1. The van der Waals surface area contributed by atoms with Crippen LogP contribution in [-0.4, -0.2) is 16.7 Å². The maximum absolute atomic E-state index is 10.7. The zero-order chi connectivity index (χ0) is 15.6. The van der Waals surface area contributed by atoms with Gasteiger partial charge in [0.1, 0.15) is 0 Å². The van der Waals surface area contributed by atoms with Gasteiger partial charge in [-0.15, -0.1) is 0 Å². The molecule has 0 aromatic heterocycles. The van der Waals surface area contributed by atoms with Gasteiger partial charge >= 0.3 is 5.97 Å². The molecule has 0 saturated heterocycles. The summed E-state index contributed by atoms with van der Waals surface area (Å²) in [7, 11) is 0. The fourth-order valence-corrected chi connectivity index (χ4v) is 4.50. The van der Waals surface area contributed by atoms with Crippen molar-refractivity contribution in [1.82, 2.24) is 0 Å². The molecule has 0 radical (unpaired) electrons. The number of carboxylic acids is 1. The summed E-state index contributed by atoms with van der Waals surface area (Å²) in [6, 6.07) is 7.84. The molecule has 0 aliphatic heterocycles. The van der Waals surface area contributed by atoms with E-state index in [1.165, 1.54) is 12.8 Å². The molecule has 2 aliphatic carbocycles. The monoisotopic (exact) mass is 322 g/mol. The van der Waals surface area contributed by atoms with Crippen LogP contribution < -0.4 is 0 Å². The highest BCUT2D eigenvalue weighted by atomic mass is 35.5. The predicted molar refractivity (Wildman–Crippen MR) is 86.0 cm³/mol. The molecule has 0 atom stereocenters. The lowest BCUT2D eigenvalue weighted by atomic mass is 9.80. The van der Waals surface area contributed by atoms with Gasteiger partial charge in [0.25, 0.3) is 0 Å². The normalized spacial score (nSPS) is 29.9. The number of hydrogen-bond donors (Lipinski definition) is 1. The Hall–Kier alpha value is -1.06. The first-order valence-corrected chi connectivity index (χ1v) is 8.49. The fourth-order valence-electron chi connectivity index (χ4n) is 4.28. The third-order valence-electron chi connectivity index (χ3n) is 5.45. The summed E-state index contributed by atoms with van der Waals surface area (Å²) in [6.45, 7) is 0.617. The number of hydrogen-bond acceptors (Lipinski definition) is 2. The zero-order valence-electron chi connectivity index (χ0n) is 12.8. The molecule has 22 heavy (non-hydrogen) atoms. The lowest BCUT2D eigenvalue weighted by Crippen LogP contribution is -2.26. The number of fused-ring (bicyclic) bond motifs is 2. The minimum atomic E-state index is -0.684. The van der Waals surface area contributed by atoms with Gasteiger partial charge in [0.15, 0.2) is 0 Å². The van der Waals surface area contributed by atoms with Crippen molar-refractivity contribution >= 4 is 17.6 Å². The average Bonchev–Trinajstić information content (AvgIpc) is 3.01. The number of rotatable bonds is 7. The molecule has 1 aromatic rings. The van der Waals surface area contributed by atoms with Gasteiger partial charge in [-0.1, -0.05) is 23.7 Å². The van der Waals surface area contributed by atoms with Crippen LogP contribution in [0.2, 0.25) is 5.02 Å². The third kappa shape index (κ3) is 3.47. The topological polar surface area (TPSA) is 46.5 Å². The van der Waals surface area contributed by atoms with E-state index in [1.807, 2.05) is 24.3 Å². The van der Waals surface area contributed by atoms with Gasteiger partial charge < -0.3 is 9.84 Å². The molecule has 0 spiro atoms. The van der Waals surface area contributed by atoms with E-state index in [9.17, 15) is 4.79 Å². The van der Waals surface area contributed by atoms with Gasteiger partial charge in [-0.2, -0.15) is 0 Å². The van der Waals surface area contributed by atoms with E-state index in [4.69, 9.17) is 21.4 Å². The molecule has 2 fully saturated rings. The van der Waals surface area contributed by atoms with Crippen LogP contribution in [0, 0.1) is 5.41 Å². The van der Waals surface area contributed by atoms with Crippen LogP contribution in [-0.2, 0) is 16.1 Å². The lowest BCUT2D eigenvalue weighted by Gasteiger charge is -2.28. The second kappa shape index (κ2) is 6.21. The Morgan fingerprint density at radius 3 is 2.73 bits per heavy atom. The highest BCUT2D eigenvalue weighted by molar-refractivity contribution is 6.30. The first-order chi connectivity index (χ1) is 10.5. The number of aliphatic carboxylic acids is 1. The molecule has 0 unspecified atom stereocenters. The number of ether oxygens (including phenoxy) is 1. The summed E-state index contributed by atoms with van der Waals surface area (Å²) in [6.07, 6.45) is 7.80. The summed E-state index contributed by atoms with van der Waals surface area (Å²) in [4.78, 5) is 10.7. The second-order valence-corrected chi connectivity index (χ2v) is 7.46. The quantitative estimate of drug-likeness (QED) is 0.783. The van der Waals surface area contributed by atoms with Crippen molar-refractivity contribution in [2.45, 2.75) is 63.6 Å². The molecule has 1 aromatic carbocycles. The molecular formula is C18H23ClO3. The Bertz CT molecular complexity index is 547. The second-order valence-electron chi connectivity index (χ2n) is 7.03. The predicted octanol–water partition coefficient (Wildman–Crippen LogP) is 4.81. The summed E-state index contributed by atoms with van der Waals surface area (Å²) >= 11 is 6.02. The molecule has 0 amide bonds. The van der Waals surface area contributed by atoms with Crippen LogP contribution in [0.4, 0.5) is 0 Å². The van der Waals surface area contributed by atoms with Crippen molar-refractivity contribution in [2.75, 3.05) is 0 Å². The number of carbonyl (C=O) groups is 1. The molecule has 0 heterocycles. The molecule has 2 aliphatic rings. The Balaban J connectivity index is 1.54. The van der Waals surface area contributed by atoms with Crippen LogP contribution in [0.1, 0.15) is 56.9 Å². The number of benzene rings is 1. The summed E-state index contributed by atoms with van der Waals surface area (Å²) in [5.41, 5.74) is 1.48. The Labute approximate surface area is 136 Å². The Kier molecular flexibility index (Phi) is 4.47. The van der Waals surface area contributed by atoms with Crippen LogP contribution in [0.25, 0.3) is 0 Å². The van der Waals surface area contributed by atoms with Crippen molar-refractivity contribution in [2.24, 2.45) is 5.41 Å². The first-order valence-electron chi connectivity index (χ1n) is 8.11. The molecule has 3 rings (SSSR count). The minimum Gasteiger partial charge on any atom is -0.481 e. The standard InChI is InChI=1S/C18H23ClO3/c19-15-4-1-3-14(11-15)12-22-18-9-7-17(13-18,8-10-18)6-2-5-16(20)21/h1,3-4,11H,2,5-10,12-13H2,(H,20,21). The minimum absolute atomic E-state index is 0.0194. The fraction of sp³-hybridized carbons (Fsp3) is 0.611. The zero-order valence-corrected chi connectivity index (χ0v) is 13.6. The van der Waals surface area contributed by atoms with E-state index in [-0.39, 0.29) is 12.0 Å². The molecule has 2 bridgehead atoms. The molecule has 120 valence electrons. The Morgan fingerprint density at radius 2 is 2.05 bits per heavy atom. The largest absolute Gasteiger partial charge is 0.481 e. The van der Waals surface area contributed by atoms with Gasteiger partial charge in [-0.3, -0.25) is 4.79 Å². The van der Waals surface area contributed by atoms with Gasteiger partial charge in [0, 0.05) is 11.4 Å². The Morgan fingerprint density at radius 1 is 1.27 bits per heavy atom. The van der Waals surface area contributed by atoms with Crippen molar-refractivity contribution in [3.05, 3.63) is 34.9 Å². The van der Waals surface area contributed by atoms with Crippen LogP contribution in [0.5, 0.6) is 0 Å². The number of halogens is 1. The van der Waals surface area contributed by atoms with E-state index < -0.39 is 5.97 Å². The van der Waals surface area contributed by atoms with Crippen LogP contribution in [0.3, 0.4) is 0 Å². The summed E-state index contributed by atoms with van der Waals surface area (Å²) in [5, 5.41) is 9.55. The first kappa shape index (κ1) is 15.8. The smallest absolute Gasteiger partial charge is 0.303 e. The van der Waals surface area contributed by atoms with Crippen LogP contribution in [0.15, 0.2) is 24.3 Å². The SMILES string of the molecule is O=C(O)CCCC12CCC(OCc3cccc(Cl)c3)(CC1)C2. The third-order valence-corrected chi connectivity index (χ3v) is 5.69. The van der Waals surface area contributed by atoms with E-state index >= 15 is 0 Å². The lowest BCUT2D eigenvalue weighted by molar-refractivity contribution is -0.137. The maximum atomic E-state index is 10.7. The van der Waals surface area contributed by atoms with Crippen LogP contribution >= 0.6 is 11.6 Å². The average molecular weight is 323 g/mol. The van der Waals surface area contributed by atoms with E-state index in [0.717, 1.165) is 42.7 Å². The molecular weight excluding hydrogens is 300 g/mol. The van der Waals surface area contributed by atoms with Crippen molar-refractivity contribution in [1.29, 1.82) is 0 Å². The van der Waals surface area contributed by atoms with E-state index in [1.54, 1.807) is 0 Å². The van der Waals surface area contributed by atoms with Gasteiger partial charge in [-0.25, -0.2) is 0 Å². The van der Waals surface area contributed by atoms with E-state index in [0.29, 0.717) is 12.0 Å². The van der Waals surface area contributed by atoms with Crippen molar-refractivity contribution in [3.63, 3.8) is 0 Å². The van der Waals surface area contributed by atoms with Crippen molar-refractivity contribution < 1.29 is 14.6 Å². The van der Waals surface area contributed by atoms with E-state index in [2.05, 4.69) is 0 Å². The summed E-state index contributed by atoms with van der Waals surface area (Å²) in [5.74, 6) is -0.684.